The molecule has 2 rings (SSSR count). The van der Waals surface area contributed by atoms with Gasteiger partial charge in [-0.15, -0.1) is 11.3 Å². The number of nitrogens with zero attached hydrogens (tertiary/aromatic N) is 1. The summed E-state index contributed by atoms with van der Waals surface area (Å²) in [5.41, 5.74) is 7.63. The van der Waals surface area contributed by atoms with E-state index in [4.69, 9.17) is 28.9 Å². The molecule has 2 nitrogen and oxygen atoms in total. The van der Waals surface area contributed by atoms with Gasteiger partial charge in [0.15, 0.2) is 0 Å². The molecular weight excluding hydrogens is 275 g/mol. The first-order valence-electron chi connectivity index (χ1n) is 5.28. The van der Waals surface area contributed by atoms with Crippen molar-refractivity contribution in [2.45, 2.75) is 19.4 Å². The minimum atomic E-state index is -0.00768. The average Bonchev–Trinajstić information content (AvgIpc) is 2.80. The molecule has 0 saturated heterocycles. The Bertz CT molecular complexity index is 525. The fraction of sp³-hybridized carbons (Fsp3) is 0.250. The summed E-state index contributed by atoms with van der Waals surface area (Å²) >= 11 is 13.6. The highest BCUT2D eigenvalue weighted by Gasteiger charge is 2.12. The Kier molecular flexibility index (Phi) is 4.05. The summed E-state index contributed by atoms with van der Waals surface area (Å²) in [6, 6.07) is 5.35. The van der Waals surface area contributed by atoms with Gasteiger partial charge in [-0.3, -0.25) is 0 Å². The highest BCUT2D eigenvalue weighted by atomic mass is 35.5. The number of nitrogens with two attached hydrogens (primary N) is 1. The Balaban J connectivity index is 2.40. The second-order valence-electron chi connectivity index (χ2n) is 3.71. The van der Waals surface area contributed by atoms with E-state index in [1.54, 1.807) is 23.5 Å². The third-order valence-corrected chi connectivity index (χ3v) is 4.02. The van der Waals surface area contributed by atoms with Crippen molar-refractivity contribution < 1.29 is 0 Å². The summed E-state index contributed by atoms with van der Waals surface area (Å²) in [6.07, 6.45) is 0.871. The first-order valence-corrected chi connectivity index (χ1v) is 6.91. The van der Waals surface area contributed by atoms with Gasteiger partial charge in [0.2, 0.25) is 0 Å². The normalized spacial score (nSPS) is 12.7. The molecule has 1 atom stereocenters. The second kappa shape index (κ2) is 5.36. The predicted octanol–water partition coefficient (Wildman–Crippen LogP) is 4.53. The van der Waals surface area contributed by atoms with Crippen LogP contribution in [0.2, 0.25) is 10.0 Å². The number of thiazole rings is 1. The second-order valence-corrected chi connectivity index (χ2v) is 5.44. The minimum absolute atomic E-state index is 0.00768. The van der Waals surface area contributed by atoms with Crippen LogP contribution in [0.5, 0.6) is 0 Å². The summed E-state index contributed by atoms with van der Waals surface area (Å²) in [7, 11) is 0. The third-order valence-electron chi connectivity index (χ3n) is 2.48. The van der Waals surface area contributed by atoms with Crippen LogP contribution >= 0.6 is 34.5 Å². The SMILES string of the molecule is CCC(N)c1nc(-c2cc(Cl)ccc2Cl)cs1. The highest BCUT2D eigenvalue weighted by Crippen LogP contribution is 2.32. The van der Waals surface area contributed by atoms with Crippen LogP contribution < -0.4 is 5.73 Å². The van der Waals surface area contributed by atoms with Gasteiger partial charge in [-0.2, -0.15) is 0 Å². The van der Waals surface area contributed by atoms with Crippen molar-refractivity contribution in [2.24, 2.45) is 5.73 Å². The molecular formula is C12H12Cl2N2S. The molecule has 0 aliphatic heterocycles. The standard InChI is InChI=1S/C12H12Cl2N2S/c1-2-10(15)12-16-11(6-17-12)8-5-7(13)3-4-9(8)14/h3-6,10H,2,15H2,1H3. The number of hydrogen-bond acceptors (Lipinski definition) is 3. The smallest absolute Gasteiger partial charge is 0.110 e. The van der Waals surface area contributed by atoms with Crippen LogP contribution in [0.25, 0.3) is 11.3 Å². The predicted molar refractivity (Wildman–Crippen MR) is 74.8 cm³/mol. The van der Waals surface area contributed by atoms with E-state index in [0.29, 0.717) is 10.0 Å². The van der Waals surface area contributed by atoms with Crippen molar-refractivity contribution in [1.29, 1.82) is 0 Å². The molecule has 2 N–H and O–H groups in total. The number of aromatic nitrogens is 1. The largest absolute Gasteiger partial charge is 0.322 e. The number of halogens is 2. The molecule has 0 fully saturated rings. The number of hydrogen-bond donors (Lipinski definition) is 1. The zero-order valence-corrected chi connectivity index (χ0v) is 11.6. The lowest BCUT2D eigenvalue weighted by Crippen LogP contribution is -2.07. The maximum atomic E-state index is 6.13. The Morgan fingerprint density at radius 3 is 2.88 bits per heavy atom. The molecule has 0 saturated carbocycles. The first-order chi connectivity index (χ1) is 8.11. The summed E-state index contributed by atoms with van der Waals surface area (Å²) < 4.78 is 0. The van der Waals surface area contributed by atoms with E-state index >= 15 is 0 Å². The van der Waals surface area contributed by atoms with Crippen LogP contribution in [0.1, 0.15) is 24.4 Å². The molecule has 1 aromatic heterocycles. The van der Waals surface area contributed by atoms with E-state index < -0.39 is 0 Å². The van der Waals surface area contributed by atoms with Crippen LogP contribution in [-0.2, 0) is 0 Å². The maximum absolute atomic E-state index is 6.13. The van der Waals surface area contributed by atoms with Crippen molar-refractivity contribution in [2.75, 3.05) is 0 Å². The van der Waals surface area contributed by atoms with E-state index in [2.05, 4.69) is 4.98 Å². The lowest BCUT2D eigenvalue weighted by Gasteiger charge is -2.03. The van der Waals surface area contributed by atoms with Crippen LogP contribution in [0.4, 0.5) is 0 Å². The van der Waals surface area contributed by atoms with Gasteiger partial charge in [-0.1, -0.05) is 30.1 Å². The molecule has 1 heterocycles. The van der Waals surface area contributed by atoms with E-state index in [1.165, 1.54) is 0 Å². The molecule has 0 aliphatic carbocycles. The Morgan fingerprint density at radius 2 is 2.18 bits per heavy atom. The lowest BCUT2D eigenvalue weighted by molar-refractivity contribution is 0.693. The topological polar surface area (TPSA) is 38.9 Å². The molecule has 2 aromatic rings. The summed E-state index contributed by atoms with van der Waals surface area (Å²) in [4.78, 5) is 4.50. The van der Waals surface area contributed by atoms with Gasteiger partial charge in [-0.25, -0.2) is 4.98 Å². The summed E-state index contributed by atoms with van der Waals surface area (Å²) in [5, 5.41) is 4.19. The molecule has 0 bridgehead atoms. The zero-order valence-electron chi connectivity index (χ0n) is 9.28. The quantitative estimate of drug-likeness (QED) is 0.901. The van der Waals surface area contributed by atoms with Gasteiger partial charge in [0.1, 0.15) is 5.01 Å². The molecule has 0 radical (unpaired) electrons. The Morgan fingerprint density at radius 1 is 1.41 bits per heavy atom. The van der Waals surface area contributed by atoms with Gasteiger partial charge in [-0.05, 0) is 24.6 Å². The van der Waals surface area contributed by atoms with Gasteiger partial charge < -0.3 is 5.73 Å². The van der Waals surface area contributed by atoms with E-state index in [1.807, 2.05) is 18.4 Å². The molecule has 1 unspecified atom stereocenters. The molecule has 5 heteroatoms. The first kappa shape index (κ1) is 12.8. The van der Waals surface area contributed by atoms with Crippen molar-refractivity contribution >= 4 is 34.5 Å². The Labute approximate surface area is 114 Å². The fourth-order valence-corrected chi connectivity index (χ4v) is 2.74. The highest BCUT2D eigenvalue weighted by molar-refractivity contribution is 7.10. The third kappa shape index (κ3) is 2.80. The van der Waals surface area contributed by atoms with Crippen molar-refractivity contribution in [3.63, 3.8) is 0 Å². The minimum Gasteiger partial charge on any atom is -0.322 e. The van der Waals surface area contributed by atoms with Crippen molar-refractivity contribution in [3.8, 4) is 11.3 Å². The van der Waals surface area contributed by atoms with Gasteiger partial charge >= 0.3 is 0 Å². The lowest BCUT2D eigenvalue weighted by atomic mass is 10.2. The average molecular weight is 287 g/mol. The van der Waals surface area contributed by atoms with E-state index in [0.717, 1.165) is 22.7 Å². The van der Waals surface area contributed by atoms with Crippen LogP contribution in [0, 0.1) is 0 Å². The maximum Gasteiger partial charge on any atom is 0.110 e. The van der Waals surface area contributed by atoms with Gasteiger partial charge in [0.05, 0.1) is 16.8 Å². The monoisotopic (exact) mass is 286 g/mol. The van der Waals surface area contributed by atoms with Crippen molar-refractivity contribution in [1.82, 2.24) is 4.98 Å². The molecule has 1 aromatic carbocycles. The van der Waals surface area contributed by atoms with Gasteiger partial charge in [0, 0.05) is 16.0 Å². The summed E-state index contributed by atoms with van der Waals surface area (Å²) in [6.45, 7) is 2.04. The molecule has 0 spiro atoms. The van der Waals surface area contributed by atoms with Crippen LogP contribution in [-0.4, -0.2) is 4.98 Å². The van der Waals surface area contributed by atoms with E-state index in [-0.39, 0.29) is 6.04 Å². The van der Waals surface area contributed by atoms with E-state index in [9.17, 15) is 0 Å². The number of rotatable bonds is 3. The van der Waals surface area contributed by atoms with Crippen LogP contribution in [0.15, 0.2) is 23.6 Å². The van der Waals surface area contributed by atoms with Crippen molar-refractivity contribution in [3.05, 3.63) is 38.6 Å². The number of benzene rings is 1. The van der Waals surface area contributed by atoms with Gasteiger partial charge in [0.25, 0.3) is 0 Å². The molecule has 17 heavy (non-hydrogen) atoms. The zero-order chi connectivity index (χ0) is 12.4. The van der Waals surface area contributed by atoms with Crippen LogP contribution in [0.3, 0.4) is 0 Å². The molecule has 90 valence electrons. The molecule has 0 aliphatic rings. The fourth-order valence-electron chi connectivity index (χ4n) is 1.45. The summed E-state index contributed by atoms with van der Waals surface area (Å²) in [5.74, 6) is 0. The Hall–Kier alpha value is -0.610. The molecule has 0 amide bonds.